The summed E-state index contributed by atoms with van der Waals surface area (Å²) in [5.74, 6) is -1.03. The summed E-state index contributed by atoms with van der Waals surface area (Å²) in [6, 6.07) is 13.6. The summed E-state index contributed by atoms with van der Waals surface area (Å²) in [5.41, 5.74) is 1.41. The van der Waals surface area contributed by atoms with Gasteiger partial charge in [-0.2, -0.15) is 0 Å². The summed E-state index contributed by atoms with van der Waals surface area (Å²) in [4.78, 5) is 4.10. The van der Waals surface area contributed by atoms with Gasteiger partial charge in [0.25, 0.3) is 0 Å². The molecule has 2 aromatic rings. The van der Waals surface area contributed by atoms with Crippen LogP contribution in [-0.2, 0) is 0 Å². The van der Waals surface area contributed by atoms with Crippen molar-refractivity contribution in [3.8, 4) is 5.75 Å². The first kappa shape index (κ1) is 10.4. The highest BCUT2D eigenvalue weighted by atomic mass is 19.1. The van der Waals surface area contributed by atoms with Crippen LogP contribution in [0.4, 0.5) is 10.1 Å². The molecule has 2 aromatic carbocycles. The van der Waals surface area contributed by atoms with E-state index in [-0.39, 0.29) is 5.75 Å². The number of phenolic OH excluding ortho intramolecular Hbond substituents is 1. The zero-order valence-electron chi connectivity index (χ0n) is 8.47. The number of hydrogen-bond acceptors (Lipinski definition) is 2. The zero-order chi connectivity index (χ0) is 11.4. The highest BCUT2D eigenvalue weighted by Crippen LogP contribution is 2.21. The van der Waals surface area contributed by atoms with Crippen LogP contribution in [0.15, 0.2) is 53.5 Å². The molecule has 0 aromatic heterocycles. The lowest BCUT2D eigenvalue weighted by atomic mass is 10.2. The maximum absolute atomic E-state index is 13.0. The van der Waals surface area contributed by atoms with Gasteiger partial charge in [-0.25, -0.2) is 4.39 Å². The first-order valence-electron chi connectivity index (χ1n) is 4.83. The Morgan fingerprint density at radius 3 is 2.50 bits per heavy atom. The van der Waals surface area contributed by atoms with Gasteiger partial charge in [-0.05, 0) is 17.7 Å². The van der Waals surface area contributed by atoms with E-state index in [1.54, 1.807) is 12.3 Å². The highest BCUT2D eigenvalue weighted by molar-refractivity contribution is 5.81. The van der Waals surface area contributed by atoms with Gasteiger partial charge >= 0.3 is 0 Å². The van der Waals surface area contributed by atoms with Crippen molar-refractivity contribution in [3.63, 3.8) is 0 Å². The average molecular weight is 215 g/mol. The van der Waals surface area contributed by atoms with Crippen LogP contribution < -0.4 is 0 Å². The highest BCUT2D eigenvalue weighted by Gasteiger charge is 1.99. The molecule has 1 N–H and O–H groups in total. The van der Waals surface area contributed by atoms with Crippen LogP contribution in [0, 0.1) is 5.82 Å². The quantitative estimate of drug-likeness (QED) is 0.766. The van der Waals surface area contributed by atoms with Crippen LogP contribution >= 0.6 is 0 Å². The van der Waals surface area contributed by atoms with Gasteiger partial charge in [0.2, 0.25) is 0 Å². The number of aromatic hydroxyl groups is 1. The second-order valence-corrected chi connectivity index (χ2v) is 3.30. The van der Waals surface area contributed by atoms with E-state index < -0.39 is 5.82 Å². The van der Waals surface area contributed by atoms with Crippen LogP contribution in [-0.4, -0.2) is 11.3 Å². The molecule has 0 aliphatic heterocycles. The van der Waals surface area contributed by atoms with Crippen molar-refractivity contribution in [1.82, 2.24) is 0 Å². The summed E-state index contributed by atoms with van der Waals surface area (Å²) in [6.45, 7) is 0. The van der Waals surface area contributed by atoms with Crippen molar-refractivity contribution in [1.29, 1.82) is 0 Å². The summed E-state index contributed by atoms with van der Waals surface area (Å²) >= 11 is 0. The molecule has 0 aliphatic carbocycles. The molecule has 0 fully saturated rings. The number of hydrogen-bond donors (Lipinski definition) is 1. The fraction of sp³-hybridized carbons (Fsp3) is 0. The molecule has 0 aliphatic rings. The molecular weight excluding hydrogens is 205 g/mol. The SMILES string of the molecule is Oc1ccc(N=Cc2ccccc2)cc1F. The minimum absolute atomic E-state index is 0.362. The van der Waals surface area contributed by atoms with Crippen molar-refractivity contribution < 1.29 is 9.50 Å². The summed E-state index contributed by atoms with van der Waals surface area (Å²) in [6.07, 6.45) is 1.64. The second-order valence-electron chi connectivity index (χ2n) is 3.30. The molecule has 0 bridgehead atoms. The van der Waals surface area contributed by atoms with Crippen LogP contribution in [0.2, 0.25) is 0 Å². The lowest BCUT2D eigenvalue weighted by molar-refractivity contribution is 0.432. The predicted molar refractivity (Wildman–Crippen MR) is 61.8 cm³/mol. The van der Waals surface area contributed by atoms with Crippen LogP contribution in [0.3, 0.4) is 0 Å². The summed E-state index contributed by atoms with van der Waals surface area (Å²) < 4.78 is 13.0. The molecule has 0 radical (unpaired) electrons. The van der Waals surface area contributed by atoms with Crippen molar-refractivity contribution >= 4 is 11.9 Å². The molecule has 0 amide bonds. The Bertz CT molecular complexity index is 509. The summed E-state index contributed by atoms with van der Waals surface area (Å²) in [7, 11) is 0. The van der Waals surface area contributed by atoms with Gasteiger partial charge in [0, 0.05) is 12.3 Å². The van der Waals surface area contributed by atoms with Crippen molar-refractivity contribution in [3.05, 3.63) is 59.9 Å². The van der Waals surface area contributed by atoms with Crippen molar-refractivity contribution in [2.45, 2.75) is 0 Å². The first-order chi connectivity index (χ1) is 7.75. The Hall–Kier alpha value is -2.16. The van der Waals surface area contributed by atoms with Gasteiger partial charge in [-0.15, -0.1) is 0 Å². The number of rotatable bonds is 2. The largest absolute Gasteiger partial charge is 0.505 e. The van der Waals surface area contributed by atoms with E-state index in [1.165, 1.54) is 12.1 Å². The molecular formula is C13H10FNO. The molecule has 0 heterocycles. The number of benzene rings is 2. The predicted octanol–water partition coefficient (Wildman–Crippen LogP) is 3.28. The molecule has 0 spiro atoms. The third-order valence-corrected chi connectivity index (χ3v) is 2.09. The average Bonchev–Trinajstić information content (AvgIpc) is 2.32. The monoisotopic (exact) mass is 215 g/mol. The topological polar surface area (TPSA) is 32.6 Å². The van der Waals surface area contributed by atoms with E-state index >= 15 is 0 Å². The zero-order valence-corrected chi connectivity index (χ0v) is 8.47. The number of halogens is 1. The number of phenols is 1. The van der Waals surface area contributed by atoms with E-state index in [2.05, 4.69) is 4.99 Å². The molecule has 2 nitrogen and oxygen atoms in total. The van der Waals surface area contributed by atoms with Gasteiger partial charge in [-0.3, -0.25) is 4.99 Å². The lowest BCUT2D eigenvalue weighted by Crippen LogP contribution is -1.79. The Labute approximate surface area is 92.7 Å². The molecule has 3 heteroatoms. The molecule has 0 atom stereocenters. The van der Waals surface area contributed by atoms with E-state index in [9.17, 15) is 4.39 Å². The van der Waals surface area contributed by atoms with Gasteiger partial charge in [-0.1, -0.05) is 30.3 Å². The van der Waals surface area contributed by atoms with E-state index in [4.69, 9.17) is 5.11 Å². The standard InChI is InChI=1S/C13H10FNO/c14-12-8-11(6-7-13(12)16)15-9-10-4-2-1-3-5-10/h1-9,16H. The Morgan fingerprint density at radius 1 is 1.06 bits per heavy atom. The summed E-state index contributed by atoms with van der Waals surface area (Å²) in [5, 5.41) is 9.00. The molecule has 16 heavy (non-hydrogen) atoms. The van der Waals surface area contributed by atoms with Gasteiger partial charge in [0.15, 0.2) is 11.6 Å². The van der Waals surface area contributed by atoms with Crippen molar-refractivity contribution in [2.75, 3.05) is 0 Å². The molecule has 0 saturated carbocycles. The van der Waals surface area contributed by atoms with E-state index in [0.717, 1.165) is 5.56 Å². The number of aliphatic imine (C=N–C) groups is 1. The van der Waals surface area contributed by atoms with Crippen LogP contribution in [0.1, 0.15) is 5.56 Å². The Kier molecular flexibility index (Phi) is 2.96. The fourth-order valence-electron chi connectivity index (χ4n) is 1.26. The fourth-order valence-corrected chi connectivity index (χ4v) is 1.26. The minimum Gasteiger partial charge on any atom is -0.505 e. The van der Waals surface area contributed by atoms with Crippen LogP contribution in [0.5, 0.6) is 5.75 Å². The maximum atomic E-state index is 13.0. The van der Waals surface area contributed by atoms with Crippen LogP contribution in [0.25, 0.3) is 0 Å². The Balaban J connectivity index is 2.21. The molecule has 2 rings (SSSR count). The number of nitrogens with zero attached hydrogens (tertiary/aromatic N) is 1. The molecule has 80 valence electrons. The van der Waals surface area contributed by atoms with Gasteiger partial charge in [0.05, 0.1) is 5.69 Å². The van der Waals surface area contributed by atoms with Crippen molar-refractivity contribution in [2.24, 2.45) is 4.99 Å². The molecule has 0 unspecified atom stereocenters. The second kappa shape index (κ2) is 4.57. The molecule has 0 saturated heterocycles. The van der Waals surface area contributed by atoms with E-state index in [1.807, 2.05) is 30.3 Å². The van der Waals surface area contributed by atoms with Gasteiger partial charge in [0.1, 0.15) is 0 Å². The maximum Gasteiger partial charge on any atom is 0.166 e. The minimum atomic E-state index is -0.664. The normalized spacial score (nSPS) is 10.8. The third kappa shape index (κ3) is 2.45. The first-order valence-corrected chi connectivity index (χ1v) is 4.83. The lowest BCUT2D eigenvalue weighted by Gasteiger charge is -1.96. The third-order valence-electron chi connectivity index (χ3n) is 2.09. The smallest absolute Gasteiger partial charge is 0.166 e. The van der Waals surface area contributed by atoms with Gasteiger partial charge < -0.3 is 5.11 Å². The van der Waals surface area contributed by atoms with E-state index in [0.29, 0.717) is 5.69 Å². The Morgan fingerprint density at radius 2 is 1.81 bits per heavy atom.